The fourth-order valence-electron chi connectivity index (χ4n) is 1.06. The minimum Gasteiger partial charge on any atom is -0.396 e. The van der Waals surface area contributed by atoms with Gasteiger partial charge in [-0.2, -0.15) is 0 Å². The molecular weight excluding hydrogens is 205 g/mol. The van der Waals surface area contributed by atoms with Crippen LogP contribution in [0.3, 0.4) is 0 Å². The minimum atomic E-state index is -3.05. The molecule has 0 rings (SSSR count). The number of nitrogens with two attached hydrogens (primary N) is 1. The van der Waals surface area contributed by atoms with Gasteiger partial charge in [-0.25, -0.2) is 0 Å². The van der Waals surface area contributed by atoms with Crippen molar-refractivity contribution in [3.63, 3.8) is 0 Å². The molecule has 0 heterocycles. The summed E-state index contributed by atoms with van der Waals surface area (Å²) in [5.74, 6) is -0.223. The smallest absolute Gasteiger partial charge is 0.331 e. The van der Waals surface area contributed by atoms with Crippen LogP contribution in [0.25, 0.3) is 0 Å². The zero-order valence-corrected chi connectivity index (χ0v) is 9.70. The van der Waals surface area contributed by atoms with Gasteiger partial charge in [-0.1, -0.05) is 0 Å². The van der Waals surface area contributed by atoms with Crippen molar-refractivity contribution in [3.05, 3.63) is 0 Å². The van der Waals surface area contributed by atoms with Crippen LogP contribution >= 0.6 is 7.60 Å². The second-order valence-corrected chi connectivity index (χ2v) is 5.02. The Bertz CT molecular complexity index is 174. The van der Waals surface area contributed by atoms with E-state index in [-0.39, 0.29) is 25.2 Å². The fourth-order valence-corrected chi connectivity index (χ4v) is 3.03. The van der Waals surface area contributed by atoms with E-state index in [1.54, 1.807) is 13.8 Å². The molecule has 0 amide bonds. The number of aliphatic hydroxyl groups is 1. The van der Waals surface area contributed by atoms with Crippen LogP contribution in [0.5, 0.6) is 0 Å². The summed E-state index contributed by atoms with van der Waals surface area (Å²) in [4.78, 5) is 0. The molecule has 0 aromatic heterocycles. The van der Waals surface area contributed by atoms with Crippen LogP contribution in [-0.2, 0) is 13.6 Å². The second-order valence-electron chi connectivity index (χ2n) is 2.91. The molecule has 0 aliphatic carbocycles. The van der Waals surface area contributed by atoms with Crippen LogP contribution in [0.2, 0.25) is 0 Å². The van der Waals surface area contributed by atoms with E-state index in [1.165, 1.54) is 0 Å². The molecule has 6 heteroatoms. The molecule has 0 saturated carbocycles. The van der Waals surface area contributed by atoms with Crippen LogP contribution in [-0.4, -0.2) is 37.6 Å². The molecule has 0 aromatic rings. The maximum atomic E-state index is 11.9. The Morgan fingerprint density at radius 1 is 1.36 bits per heavy atom. The number of hydrogen-bond acceptors (Lipinski definition) is 5. The SMILES string of the molecule is CCOP(=O)(C[C@@H](CN)CO)OCC. The molecule has 86 valence electrons. The third kappa shape index (κ3) is 5.08. The Balaban J connectivity index is 4.26. The van der Waals surface area contributed by atoms with E-state index in [9.17, 15) is 4.57 Å². The molecule has 14 heavy (non-hydrogen) atoms. The predicted octanol–water partition coefficient (Wildman–Crippen LogP) is 0.820. The highest BCUT2D eigenvalue weighted by Gasteiger charge is 2.27. The lowest BCUT2D eigenvalue weighted by atomic mass is 10.2. The lowest BCUT2D eigenvalue weighted by Crippen LogP contribution is -2.23. The molecule has 0 aromatic carbocycles. The van der Waals surface area contributed by atoms with E-state index in [2.05, 4.69) is 0 Å². The molecule has 0 radical (unpaired) electrons. The molecule has 5 nitrogen and oxygen atoms in total. The van der Waals surface area contributed by atoms with Gasteiger partial charge in [-0.15, -0.1) is 0 Å². The van der Waals surface area contributed by atoms with Crippen molar-refractivity contribution >= 4 is 7.60 Å². The highest BCUT2D eigenvalue weighted by atomic mass is 31.2. The summed E-state index contributed by atoms with van der Waals surface area (Å²) in [6.45, 7) is 4.35. The van der Waals surface area contributed by atoms with E-state index in [0.717, 1.165) is 0 Å². The third-order valence-electron chi connectivity index (χ3n) is 1.72. The summed E-state index contributed by atoms with van der Waals surface area (Å²) >= 11 is 0. The van der Waals surface area contributed by atoms with Crippen molar-refractivity contribution in [2.45, 2.75) is 13.8 Å². The van der Waals surface area contributed by atoms with Crippen LogP contribution in [0.4, 0.5) is 0 Å². The molecule has 1 atom stereocenters. The van der Waals surface area contributed by atoms with Crippen molar-refractivity contribution in [1.82, 2.24) is 0 Å². The van der Waals surface area contributed by atoms with Crippen LogP contribution < -0.4 is 5.73 Å². The van der Waals surface area contributed by atoms with Gasteiger partial charge in [0, 0.05) is 12.5 Å². The number of rotatable bonds is 8. The summed E-state index contributed by atoms with van der Waals surface area (Å²) < 4.78 is 22.1. The van der Waals surface area contributed by atoms with Crippen LogP contribution in [0.1, 0.15) is 13.8 Å². The maximum absolute atomic E-state index is 11.9. The van der Waals surface area contributed by atoms with Crippen molar-refractivity contribution in [1.29, 1.82) is 0 Å². The molecule has 0 bridgehead atoms. The molecule has 0 unspecified atom stereocenters. The van der Waals surface area contributed by atoms with E-state index in [1.807, 2.05) is 0 Å². The lowest BCUT2D eigenvalue weighted by Gasteiger charge is -2.20. The molecule has 0 spiro atoms. The van der Waals surface area contributed by atoms with Crippen molar-refractivity contribution in [3.8, 4) is 0 Å². The van der Waals surface area contributed by atoms with Gasteiger partial charge in [-0.05, 0) is 20.4 Å². The van der Waals surface area contributed by atoms with Gasteiger partial charge >= 0.3 is 7.60 Å². The standard InChI is InChI=1S/C8H20NO4P/c1-3-12-14(11,13-4-2)7-8(5-9)6-10/h8,10H,3-7,9H2,1-2H3/t8-/m0/s1. The Hall–Kier alpha value is 0.0700. The fraction of sp³-hybridized carbons (Fsp3) is 1.00. The lowest BCUT2D eigenvalue weighted by molar-refractivity contribution is 0.199. The summed E-state index contributed by atoms with van der Waals surface area (Å²) in [5.41, 5.74) is 5.39. The monoisotopic (exact) mass is 225 g/mol. The van der Waals surface area contributed by atoms with Gasteiger partial charge in [0.15, 0.2) is 0 Å². The Morgan fingerprint density at radius 3 is 2.14 bits per heavy atom. The van der Waals surface area contributed by atoms with Gasteiger partial charge in [0.2, 0.25) is 0 Å². The average molecular weight is 225 g/mol. The topological polar surface area (TPSA) is 81.8 Å². The first-order valence-corrected chi connectivity index (χ1v) is 6.53. The largest absolute Gasteiger partial charge is 0.396 e. The second kappa shape index (κ2) is 7.37. The highest BCUT2D eigenvalue weighted by molar-refractivity contribution is 7.53. The van der Waals surface area contributed by atoms with Crippen molar-refractivity contribution in [2.24, 2.45) is 11.7 Å². The van der Waals surface area contributed by atoms with Gasteiger partial charge in [0.25, 0.3) is 0 Å². The first-order valence-electron chi connectivity index (χ1n) is 4.80. The molecule has 0 aliphatic heterocycles. The van der Waals surface area contributed by atoms with E-state index < -0.39 is 7.60 Å². The summed E-state index contributed by atoms with van der Waals surface area (Å²) in [7, 11) is -3.05. The van der Waals surface area contributed by atoms with Gasteiger partial charge in [-0.3, -0.25) is 4.57 Å². The molecule has 0 saturated heterocycles. The maximum Gasteiger partial charge on any atom is 0.331 e. The average Bonchev–Trinajstić information content (AvgIpc) is 2.15. The summed E-state index contributed by atoms with van der Waals surface area (Å²) in [5, 5.41) is 8.91. The Morgan fingerprint density at radius 2 is 1.86 bits per heavy atom. The van der Waals surface area contributed by atoms with Crippen molar-refractivity contribution < 1.29 is 18.7 Å². The quantitative estimate of drug-likeness (QED) is 0.597. The number of hydrogen-bond donors (Lipinski definition) is 2. The van der Waals surface area contributed by atoms with Gasteiger partial charge < -0.3 is 19.9 Å². The predicted molar refractivity (Wildman–Crippen MR) is 55.4 cm³/mol. The van der Waals surface area contributed by atoms with E-state index >= 15 is 0 Å². The Kier molecular flexibility index (Phi) is 7.41. The Labute approximate surface area is 85.1 Å². The van der Waals surface area contributed by atoms with Crippen LogP contribution in [0, 0.1) is 5.92 Å². The highest BCUT2D eigenvalue weighted by Crippen LogP contribution is 2.49. The molecular formula is C8H20NO4P. The number of aliphatic hydroxyl groups excluding tert-OH is 1. The summed E-state index contributed by atoms with van der Waals surface area (Å²) in [6, 6.07) is 0. The zero-order valence-electron chi connectivity index (χ0n) is 8.81. The van der Waals surface area contributed by atoms with Crippen molar-refractivity contribution in [2.75, 3.05) is 32.5 Å². The first kappa shape index (κ1) is 14.1. The van der Waals surface area contributed by atoms with Gasteiger partial charge in [0.1, 0.15) is 0 Å². The zero-order chi connectivity index (χ0) is 11.0. The van der Waals surface area contributed by atoms with Gasteiger partial charge in [0.05, 0.1) is 19.4 Å². The van der Waals surface area contributed by atoms with E-state index in [0.29, 0.717) is 13.2 Å². The molecule has 0 aliphatic rings. The van der Waals surface area contributed by atoms with E-state index in [4.69, 9.17) is 19.9 Å². The third-order valence-corrected chi connectivity index (χ3v) is 3.99. The van der Waals surface area contributed by atoms with Crippen LogP contribution in [0.15, 0.2) is 0 Å². The molecule has 0 fully saturated rings. The first-order chi connectivity index (χ1) is 6.61. The normalized spacial score (nSPS) is 14.3. The minimum absolute atomic E-state index is 0.0966. The molecule has 3 N–H and O–H groups in total. The summed E-state index contributed by atoms with van der Waals surface area (Å²) in [6.07, 6.45) is 0.182.